The van der Waals surface area contributed by atoms with Crippen LogP contribution in [0.15, 0.2) is 36.5 Å². The first-order valence-electron chi connectivity index (χ1n) is 11.8. The number of aliphatic hydroxyl groups is 1. The summed E-state index contributed by atoms with van der Waals surface area (Å²) in [6, 6.07) is 7.86. The molecular formula is C27H34FN3O3. The molecule has 1 aromatic carbocycles. The fraction of sp³-hybridized carbons (Fsp3) is 0.481. The monoisotopic (exact) mass is 467 g/mol. The number of aromatic nitrogens is 1. The van der Waals surface area contributed by atoms with Crippen LogP contribution in [0.4, 0.5) is 4.39 Å². The molecule has 0 unspecified atom stereocenters. The third kappa shape index (κ3) is 6.55. The van der Waals surface area contributed by atoms with Crippen LogP contribution >= 0.6 is 0 Å². The summed E-state index contributed by atoms with van der Waals surface area (Å²) >= 11 is 0. The molecule has 6 nitrogen and oxygen atoms in total. The molecule has 1 amide bonds. The number of pyridine rings is 1. The number of unbranched alkanes of at least 4 members (excludes halogenated alkanes) is 1. The third-order valence-electron chi connectivity index (χ3n) is 5.99. The minimum atomic E-state index is -0.340. The van der Waals surface area contributed by atoms with Gasteiger partial charge in [0.2, 0.25) is 5.88 Å². The Balaban J connectivity index is 1.88. The summed E-state index contributed by atoms with van der Waals surface area (Å²) in [7, 11) is 1.98. The van der Waals surface area contributed by atoms with Crippen LogP contribution in [0.25, 0.3) is 0 Å². The van der Waals surface area contributed by atoms with E-state index < -0.39 is 0 Å². The molecule has 182 valence electrons. The first-order valence-corrected chi connectivity index (χ1v) is 11.8. The van der Waals surface area contributed by atoms with Crippen molar-refractivity contribution in [3.05, 3.63) is 59.0 Å². The fourth-order valence-electron chi connectivity index (χ4n) is 3.95. The largest absolute Gasteiger partial charge is 0.472 e. The average Bonchev–Trinajstić information content (AvgIpc) is 2.82. The smallest absolute Gasteiger partial charge is 0.259 e. The number of hydrogen-bond donors (Lipinski definition) is 1. The Morgan fingerprint density at radius 1 is 1.35 bits per heavy atom. The van der Waals surface area contributed by atoms with E-state index in [0.29, 0.717) is 30.8 Å². The average molecular weight is 468 g/mol. The summed E-state index contributed by atoms with van der Waals surface area (Å²) in [5, 5.41) is 9.80. The van der Waals surface area contributed by atoms with Crippen LogP contribution in [-0.4, -0.2) is 64.7 Å². The molecule has 2 aromatic rings. The van der Waals surface area contributed by atoms with Gasteiger partial charge in [-0.3, -0.25) is 9.69 Å². The molecule has 2 heterocycles. The molecule has 0 fully saturated rings. The number of likely N-dealkylation sites (N-methyl/N-ethyl adjacent to an activating group) is 1. The molecule has 34 heavy (non-hydrogen) atoms. The molecular weight excluding hydrogens is 433 g/mol. The van der Waals surface area contributed by atoms with Crippen LogP contribution in [0.1, 0.15) is 55.1 Å². The van der Waals surface area contributed by atoms with Gasteiger partial charge < -0.3 is 14.7 Å². The van der Waals surface area contributed by atoms with E-state index in [-0.39, 0.29) is 42.3 Å². The fourth-order valence-corrected chi connectivity index (χ4v) is 3.95. The molecule has 0 aliphatic carbocycles. The number of ether oxygens (including phenoxy) is 1. The molecule has 0 saturated carbocycles. The highest BCUT2D eigenvalue weighted by molar-refractivity contribution is 5.97. The number of carbonyl (C=O) groups is 1. The highest BCUT2D eigenvalue weighted by Crippen LogP contribution is 2.27. The van der Waals surface area contributed by atoms with E-state index in [1.165, 1.54) is 12.1 Å². The maximum absolute atomic E-state index is 13.4. The van der Waals surface area contributed by atoms with Gasteiger partial charge in [0.25, 0.3) is 5.91 Å². The summed E-state index contributed by atoms with van der Waals surface area (Å²) < 4.78 is 19.6. The molecule has 1 N–H and O–H groups in total. The van der Waals surface area contributed by atoms with Gasteiger partial charge in [0.05, 0.1) is 12.6 Å². The number of fused-ring (bicyclic) bond motifs is 1. The van der Waals surface area contributed by atoms with Crippen molar-refractivity contribution in [2.75, 3.05) is 26.7 Å². The number of hydrogen-bond acceptors (Lipinski definition) is 5. The van der Waals surface area contributed by atoms with Gasteiger partial charge in [0.1, 0.15) is 17.5 Å². The molecule has 7 heteroatoms. The lowest BCUT2D eigenvalue weighted by Gasteiger charge is -2.37. The van der Waals surface area contributed by atoms with Crippen LogP contribution in [0.5, 0.6) is 5.88 Å². The highest BCUT2D eigenvalue weighted by Gasteiger charge is 2.34. The summed E-state index contributed by atoms with van der Waals surface area (Å²) in [5.41, 5.74) is 2.03. The van der Waals surface area contributed by atoms with Gasteiger partial charge in [-0.15, -0.1) is 0 Å². The standard InChI is InChI=1S/C27H34FN3O3/c1-5-6-7-8-22-13-24-26(29-14-22)34-25(19(2)15-31(27(24)33)20(3)18-32)17-30(4)16-21-9-11-23(28)12-10-21/h9-14,19-20,25,32H,5-6,15-18H2,1-4H3/t19-,20-,25+/m0/s1. The van der Waals surface area contributed by atoms with E-state index in [1.54, 1.807) is 29.3 Å². The first kappa shape index (κ1) is 25.7. The second-order valence-electron chi connectivity index (χ2n) is 9.07. The van der Waals surface area contributed by atoms with Gasteiger partial charge in [-0.2, -0.15) is 0 Å². The van der Waals surface area contributed by atoms with E-state index in [1.807, 2.05) is 20.9 Å². The summed E-state index contributed by atoms with van der Waals surface area (Å²) in [5.74, 6) is 5.97. The molecule has 0 saturated heterocycles. The van der Waals surface area contributed by atoms with Crippen molar-refractivity contribution in [3.8, 4) is 17.7 Å². The Morgan fingerprint density at radius 3 is 2.76 bits per heavy atom. The number of benzene rings is 1. The molecule has 1 aliphatic heterocycles. The molecule has 1 aromatic heterocycles. The van der Waals surface area contributed by atoms with E-state index in [0.717, 1.165) is 18.4 Å². The number of rotatable bonds is 7. The van der Waals surface area contributed by atoms with Crippen molar-refractivity contribution in [1.29, 1.82) is 0 Å². The summed E-state index contributed by atoms with van der Waals surface area (Å²) in [4.78, 5) is 21.7. The van der Waals surface area contributed by atoms with Crippen LogP contribution in [0, 0.1) is 23.6 Å². The predicted octanol–water partition coefficient (Wildman–Crippen LogP) is 3.72. The summed E-state index contributed by atoms with van der Waals surface area (Å²) in [6.07, 6.45) is 3.13. The van der Waals surface area contributed by atoms with Crippen molar-refractivity contribution in [2.45, 2.75) is 52.3 Å². The maximum atomic E-state index is 13.4. The van der Waals surface area contributed by atoms with Gasteiger partial charge in [0, 0.05) is 43.7 Å². The third-order valence-corrected chi connectivity index (χ3v) is 5.99. The molecule has 1 aliphatic rings. The number of halogens is 1. The maximum Gasteiger partial charge on any atom is 0.259 e. The van der Waals surface area contributed by atoms with E-state index >= 15 is 0 Å². The Bertz CT molecular complexity index is 1030. The van der Waals surface area contributed by atoms with Crippen LogP contribution in [-0.2, 0) is 6.54 Å². The minimum Gasteiger partial charge on any atom is -0.472 e. The van der Waals surface area contributed by atoms with E-state index in [4.69, 9.17) is 4.74 Å². The molecule has 0 radical (unpaired) electrons. The van der Waals surface area contributed by atoms with Crippen LogP contribution in [0.2, 0.25) is 0 Å². The predicted molar refractivity (Wildman–Crippen MR) is 130 cm³/mol. The number of amides is 1. The number of nitrogens with zero attached hydrogens (tertiary/aromatic N) is 3. The van der Waals surface area contributed by atoms with Gasteiger partial charge in [-0.1, -0.05) is 37.8 Å². The zero-order valence-electron chi connectivity index (χ0n) is 20.4. The Morgan fingerprint density at radius 2 is 2.09 bits per heavy atom. The zero-order valence-corrected chi connectivity index (χ0v) is 20.4. The Labute approximate surface area is 201 Å². The summed E-state index contributed by atoms with van der Waals surface area (Å²) in [6.45, 7) is 7.47. The van der Waals surface area contributed by atoms with Gasteiger partial charge >= 0.3 is 0 Å². The quantitative estimate of drug-likeness (QED) is 0.629. The normalized spacial score (nSPS) is 18.9. The molecule has 3 atom stereocenters. The lowest BCUT2D eigenvalue weighted by Crippen LogP contribution is -2.49. The lowest BCUT2D eigenvalue weighted by molar-refractivity contribution is 0.0325. The van der Waals surface area contributed by atoms with Crippen LogP contribution < -0.4 is 4.74 Å². The second kappa shape index (κ2) is 12.0. The number of carbonyl (C=O) groups excluding carboxylic acids is 1. The van der Waals surface area contributed by atoms with Crippen LogP contribution in [0.3, 0.4) is 0 Å². The zero-order chi connectivity index (χ0) is 24.7. The first-order chi connectivity index (χ1) is 16.3. The molecule has 0 spiro atoms. The minimum absolute atomic E-state index is 0.00686. The van der Waals surface area contributed by atoms with Gasteiger partial charge in [-0.25, -0.2) is 9.37 Å². The molecule has 3 rings (SSSR count). The van der Waals surface area contributed by atoms with Crippen molar-refractivity contribution < 1.29 is 19.0 Å². The van der Waals surface area contributed by atoms with Gasteiger partial charge in [0.15, 0.2) is 0 Å². The lowest BCUT2D eigenvalue weighted by atomic mass is 9.99. The topological polar surface area (TPSA) is 65.9 Å². The SMILES string of the molecule is CCCC#Cc1cnc2c(c1)C(=O)N([C@@H](C)CO)C[C@H](C)[C@@H](CN(C)Cc1ccc(F)cc1)O2. The van der Waals surface area contributed by atoms with Crippen molar-refractivity contribution in [2.24, 2.45) is 5.92 Å². The van der Waals surface area contributed by atoms with Crippen molar-refractivity contribution in [1.82, 2.24) is 14.8 Å². The molecule has 0 bridgehead atoms. The van der Waals surface area contributed by atoms with Crippen molar-refractivity contribution >= 4 is 5.91 Å². The van der Waals surface area contributed by atoms with Gasteiger partial charge in [-0.05, 0) is 44.2 Å². The highest BCUT2D eigenvalue weighted by atomic mass is 19.1. The second-order valence-corrected chi connectivity index (χ2v) is 9.07. The van der Waals surface area contributed by atoms with E-state index in [2.05, 4.69) is 28.6 Å². The van der Waals surface area contributed by atoms with E-state index in [9.17, 15) is 14.3 Å². The number of aliphatic hydroxyl groups excluding tert-OH is 1. The Kier molecular flexibility index (Phi) is 9.03. The van der Waals surface area contributed by atoms with Crippen molar-refractivity contribution in [3.63, 3.8) is 0 Å². The Hall–Kier alpha value is -2.95.